The van der Waals surface area contributed by atoms with Gasteiger partial charge in [0.05, 0.1) is 0 Å². The Balaban J connectivity index is 3.32. The maximum atomic E-state index is 9.70. The van der Waals surface area contributed by atoms with Crippen LogP contribution >= 0.6 is 0 Å². The molecule has 0 amide bonds. The molecule has 1 unspecified atom stereocenters. The average molecular weight is 171 g/mol. The second-order valence-corrected chi connectivity index (χ2v) is 2.05. The van der Waals surface area contributed by atoms with Gasteiger partial charge in [0.15, 0.2) is 0 Å². The van der Waals surface area contributed by atoms with Crippen molar-refractivity contribution in [2.24, 2.45) is 0 Å². The van der Waals surface area contributed by atoms with Crippen molar-refractivity contribution in [3.05, 3.63) is 0 Å². The number of hydrogen-bond acceptors (Lipinski definition) is 3. The normalized spacial score (nSPS) is 12.9. The number of rotatable bonds is 1. The minimum absolute atomic E-state index is 0.720. The van der Waals surface area contributed by atoms with E-state index in [9.17, 15) is 8.63 Å². The molecule has 7 heavy (non-hydrogen) atoms. The fraction of sp³-hybridized carbons (Fsp3) is 0.500. The van der Waals surface area contributed by atoms with E-state index >= 15 is 0 Å². The van der Waals surface area contributed by atoms with Gasteiger partial charge in [-0.05, 0) is 0 Å². The van der Waals surface area contributed by atoms with Gasteiger partial charge in [-0.15, -0.1) is 0 Å². The predicted molar refractivity (Wildman–Crippen MR) is 20.4 cm³/mol. The Morgan fingerprint density at radius 2 is 2.29 bits per heavy atom. The van der Waals surface area contributed by atoms with E-state index in [-0.39, 0.29) is 0 Å². The first-order valence-corrected chi connectivity index (χ1v) is 3.59. The van der Waals surface area contributed by atoms with Gasteiger partial charge in [-0.3, -0.25) is 0 Å². The Hall–Kier alpha value is -0.251. The molecule has 0 radical (unpaired) electrons. The standard InChI is InChI=1S/C2H4O4Se/c1-2(3)6-7(4)5/h1H3,(H,4,5). The van der Waals surface area contributed by atoms with Crippen molar-refractivity contribution in [1.29, 1.82) is 0 Å². The SMILES string of the molecule is CC(=O)O[Se](=O)O. The van der Waals surface area contributed by atoms with Crippen LogP contribution in [-0.2, 0) is 12.4 Å². The molecule has 4 nitrogen and oxygen atoms in total. The first-order chi connectivity index (χ1) is 3.13. The van der Waals surface area contributed by atoms with Gasteiger partial charge in [-0.25, -0.2) is 0 Å². The van der Waals surface area contributed by atoms with Crippen LogP contribution in [0, 0.1) is 0 Å². The van der Waals surface area contributed by atoms with Crippen molar-refractivity contribution in [3.63, 3.8) is 0 Å². The summed E-state index contributed by atoms with van der Waals surface area (Å²) in [5.74, 6) is -0.720. The molecule has 0 aromatic heterocycles. The van der Waals surface area contributed by atoms with Crippen LogP contribution in [0.3, 0.4) is 0 Å². The molecule has 0 aliphatic carbocycles. The summed E-state index contributed by atoms with van der Waals surface area (Å²) in [4.78, 5) is 9.70. The zero-order valence-electron chi connectivity index (χ0n) is 3.58. The van der Waals surface area contributed by atoms with E-state index in [1.165, 1.54) is 0 Å². The number of hydrogen-bond donors (Lipinski definition) is 1. The molecule has 0 aromatic rings. The molecule has 0 saturated heterocycles. The Morgan fingerprint density at radius 1 is 1.86 bits per heavy atom. The molecule has 5 heteroatoms. The van der Waals surface area contributed by atoms with Gasteiger partial charge in [0, 0.05) is 0 Å². The van der Waals surface area contributed by atoms with Crippen LogP contribution in [0.4, 0.5) is 0 Å². The first kappa shape index (κ1) is 6.75. The molecule has 0 fully saturated rings. The topological polar surface area (TPSA) is 63.6 Å². The van der Waals surface area contributed by atoms with E-state index in [0.717, 1.165) is 6.92 Å². The van der Waals surface area contributed by atoms with Gasteiger partial charge >= 0.3 is 44.0 Å². The van der Waals surface area contributed by atoms with Gasteiger partial charge in [0.1, 0.15) is 0 Å². The van der Waals surface area contributed by atoms with Crippen molar-refractivity contribution in [1.82, 2.24) is 0 Å². The summed E-state index contributed by atoms with van der Waals surface area (Å²) in [6, 6.07) is 0. The third kappa shape index (κ3) is 5.75. The predicted octanol–water partition coefficient (Wildman–Crippen LogP) is -1.04. The van der Waals surface area contributed by atoms with Crippen LogP contribution in [0.15, 0.2) is 0 Å². The molecular formula is C2H4O4Se. The molecule has 42 valence electrons. The quantitative estimate of drug-likeness (QED) is 0.511. The van der Waals surface area contributed by atoms with Crippen molar-refractivity contribution in [2.45, 2.75) is 6.92 Å². The summed E-state index contributed by atoms with van der Waals surface area (Å²) in [6.07, 6.45) is 0. The molecule has 0 saturated carbocycles. The molecular weight excluding hydrogens is 167 g/mol. The van der Waals surface area contributed by atoms with Crippen LogP contribution in [0.25, 0.3) is 0 Å². The molecule has 1 N–H and O–H groups in total. The van der Waals surface area contributed by atoms with Crippen molar-refractivity contribution in [3.8, 4) is 0 Å². The summed E-state index contributed by atoms with van der Waals surface area (Å²) in [5.41, 5.74) is 0. The van der Waals surface area contributed by atoms with Crippen LogP contribution in [-0.4, -0.2) is 24.7 Å². The van der Waals surface area contributed by atoms with Crippen molar-refractivity contribution < 1.29 is 16.6 Å². The van der Waals surface area contributed by atoms with E-state index in [4.69, 9.17) is 4.19 Å². The Morgan fingerprint density at radius 3 is 2.29 bits per heavy atom. The number of carbonyl (C=O) groups excluding carboxylic acids is 1. The summed E-state index contributed by atoms with van der Waals surface area (Å²) in [7, 11) is 0. The summed E-state index contributed by atoms with van der Waals surface area (Å²) < 4.78 is 21.2. The van der Waals surface area contributed by atoms with E-state index < -0.39 is 20.5 Å². The molecule has 0 rings (SSSR count). The molecule has 0 spiro atoms. The van der Waals surface area contributed by atoms with Crippen molar-refractivity contribution >= 4 is 20.5 Å². The van der Waals surface area contributed by atoms with Gasteiger partial charge in [0.25, 0.3) is 0 Å². The van der Waals surface area contributed by atoms with Gasteiger partial charge < -0.3 is 0 Å². The van der Waals surface area contributed by atoms with E-state index in [1.54, 1.807) is 0 Å². The molecule has 1 atom stereocenters. The summed E-state index contributed by atoms with van der Waals surface area (Å²) in [5, 5.41) is 0. The molecule has 0 bridgehead atoms. The van der Waals surface area contributed by atoms with Crippen LogP contribution < -0.4 is 0 Å². The average Bonchev–Trinajstić information content (AvgIpc) is 1.27. The summed E-state index contributed by atoms with van der Waals surface area (Å²) in [6.45, 7) is 1.07. The Bertz CT molecular complexity index is 85.9. The zero-order valence-corrected chi connectivity index (χ0v) is 5.29. The molecule has 0 aromatic carbocycles. The fourth-order valence-corrected chi connectivity index (χ4v) is 0.522. The summed E-state index contributed by atoms with van der Waals surface area (Å²) >= 11 is -3.22. The fourth-order valence-electron chi connectivity index (χ4n) is 0.100. The molecule has 0 aliphatic heterocycles. The number of carbonyl (C=O) groups is 1. The second-order valence-electron chi connectivity index (χ2n) is 0.792. The van der Waals surface area contributed by atoms with Gasteiger partial charge in [-0.2, -0.15) is 0 Å². The van der Waals surface area contributed by atoms with Crippen LogP contribution in [0.5, 0.6) is 0 Å². The van der Waals surface area contributed by atoms with Crippen molar-refractivity contribution in [2.75, 3.05) is 0 Å². The molecule has 0 heterocycles. The molecule has 0 aliphatic rings. The maximum absolute atomic E-state index is 9.70. The zero-order chi connectivity index (χ0) is 5.86. The van der Waals surface area contributed by atoms with Gasteiger partial charge in [-0.1, -0.05) is 0 Å². The monoisotopic (exact) mass is 172 g/mol. The third-order valence-corrected chi connectivity index (χ3v) is 0.980. The third-order valence-electron chi connectivity index (χ3n) is 0.189. The Kier molecular flexibility index (Phi) is 2.75. The minimum atomic E-state index is -3.22. The van der Waals surface area contributed by atoms with Crippen LogP contribution in [0.1, 0.15) is 6.92 Å². The first-order valence-electron chi connectivity index (χ1n) is 1.42. The van der Waals surface area contributed by atoms with E-state index in [2.05, 4.69) is 3.82 Å². The van der Waals surface area contributed by atoms with Crippen LogP contribution in [0.2, 0.25) is 0 Å². The van der Waals surface area contributed by atoms with Gasteiger partial charge in [0.2, 0.25) is 0 Å². The Labute approximate surface area is 44.8 Å². The van der Waals surface area contributed by atoms with E-state index in [1.807, 2.05) is 0 Å². The van der Waals surface area contributed by atoms with E-state index in [0.29, 0.717) is 0 Å². The second kappa shape index (κ2) is 2.85.